The Labute approximate surface area is 168 Å². The van der Waals surface area contributed by atoms with Gasteiger partial charge >= 0.3 is 0 Å². The van der Waals surface area contributed by atoms with Gasteiger partial charge in [-0.05, 0) is 60.5 Å². The van der Waals surface area contributed by atoms with Gasteiger partial charge in [-0.25, -0.2) is 0 Å². The second-order valence-electron chi connectivity index (χ2n) is 5.94. The summed E-state index contributed by atoms with van der Waals surface area (Å²) < 4.78 is 5.99. The van der Waals surface area contributed by atoms with Gasteiger partial charge in [0.1, 0.15) is 12.4 Å². The number of nitrogens with one attached hydrogen (secondary N) is 1. The van der Waals surface area contributed by atoms with Crippen molar-refractivity contribution in [3.8, 4) is 5.75 Å². The maximum Gasteiger partial charge on any atom is 0.124 e. The van der Waals surface area contributed by atoms with E-state index in [9.17, 15) is 0 Å². The molecule has 0 fully saturated rings. The highest BCUT2D eigenvalue weighted by molar-refractivity contribution is 6.31. The zero-order valence-corrected chi connectivity index (χ0v) is 16.5. The molecule has 3 aromatic carbocycles. The van der Waals surface area contributed by atoms with Crippen LogP contribution in [0.2, 0.25) is 15.1 Å². The normalized spacial score (nSPS) is 10.6. The Bertz CT molecular complexity index is 912. The summed E-state index contributed by atoms with van der Waals surface area (Å²) in [4.78, 5) is 0. The molecule has 2 nitrogen and oxygen atoms in total. The summed E-state index contributed by atoms with van der Waals surface area (Å²) in [6.45, 7) is 3.00. The molecule has 0 amide bonds. The molecule has 0 aromatic heterocycles. The number of halogens is 3. The first-order valence-corrected chi connectivity index (χ1v) is 9.31. The zero-order valence-electron chi connectivity index (χ0n) is 14.2. The number of anilines is 1. The van der Waals surface area contributed by atoms with Crippen LogP contribution < -0.4 is 10.1 Å². The quantitative estimate of drug-likeness (QED) is 0.469. The molecule has 26 heavy (non-hydrogen) atoms. The van der Waals surface area contributed by atoms with Crippen LogP contribution in [0, 0.1) is 6.92 Å². The molecule has 0 saturated heterocycles. The van der Waals surface area contributed by atoms with Crippen molar-refractivity contribution >= 4 is 40.5 Å². The van der Waals surface area contributed by atoms with Crippen molar-refractivity contribution in [2.45, 2.75) is 20.1 Å². The number of hydrogen-bond donors (Lipinski definition) is 1. The highest BCUT2D eigenvalue weighted by Crippen LogP contribution is 2.27. The Morgan fingerprint density at radius 3 is 2.46 bits per heavy atom. The van der Waals surface area contributed by atoms with Gasteiger partial charge in [-0.15, -0.1) is 0 Å². The molecule has 1 N–H and O–H groups in total. The van der Waals surface area contributed by atoms with E-state index in [0.717, 1.165) is 33.1 Å². The lowest BCUT2D eigenvalue weighted by Crippen LogP contribution is -2.05. The predicted octanol–water partition coefficient (Wildman–Crippen LogP) is 7.15. The molecule has 0 bridgehead atoms. The summed E-state index contributed by atoms with van der Waals surface area (Å²) in [6.07, 6.45) is 0. The average molecular weight is 407 g/mol. The molecule has 0 aliphatic heterocycles. The van der Waals surface area contributed by atoms with Gasteiger partial charge in [-0.3, -0.25) is 0 Å². The average Bonchev–Trinajstić information content (AvgIpc) is 2.62. The topological polar surface area (TPSA) is 21.3 Å². The van der Waals surface area contributed by atoms with Crippen molar-refractivity contribution in [2.24, 2.45) is 0 Å². The van der Waals surface area contributed by atoms with Crippen LogP contribution in [0.3, 0.4) is 0 Å². The standard InChI is InChI=1S/C21H18Cl3NO/c1-14-19(24)6-3-7-20(14)25-12-16-11-18(23)8-9-21(16)26-13-15-4-2-5-17(22)10-15/h2-11,25H,12-13H2,1H3. The minimum Gasteiger partial charge on any atom is -0.489 e. The fourth-order valence-electron chi connectivity index (χ4n) is 2.60. The molecule has 0 unspecified atom stereocenters. The monoisotopic (exact) mass is 405 g/mol. The van der Waals surface area contributed by atoms with Crippen molar-refractivity contribution in [2.75, 3.05) is 5.32 Å². The molecule has 0 saturated carbocycles. The lowest BCUT2D eigenvalue weighted by Gasteiger charge is -2.15. The van der Waals surface area contributed by atoms with Gasteiger partial charge in [-0.2, -0.15) is 0 Å². The van der Waals surface area contributed by atoms with Gasteiger partial charge in [0.05, 0.1) is 0 Å². The molecule has 3 rings (SSSR count). The van der Waals surface area contributed by atoms with Crippen LogP contribution in [0.25, 0.3) is 0 Å². The SMILES string of the molecule is Cc1c(Cl)cccc1NCc1cc(Cl)ccc1OCc1cccc(Cl)c1. The van der Waals surface area contributed by atoms with Crippen LogP contribution in [0.15, 0.2) is 60.7 Å². The van der Waals surface area contributed by atoms with Crippen LogP contribution in [0.1, 0.15) is 16.7 Å². The maximum absolute atomic E-state index is 6.19. The molecule has 3 aromatic rings. The second kappa shape index (κ2) is 8.68. The van der Waals surface area contributed by atoms with Crippen molar-refractivity contribution < 1.29 is 4.74 Å². The molecular formula is C21H18Cl3NO. The van der Waals surface area contributed by atoms with Gasteiger partial charge < -0.3 is 10.1 Å². The van der Waals surface area contributed by atoms with E-state index >= 15 is 0 Å². The summed E-state index contributed by atoms with van der Waals surface area (Å²) in [6, 6.07) is 19.0. The van der Waals surface area contributed by atoms with E-state index in [2.05, 4.69) is 5.32 Å². The molecule has 0 heterocycles. The van der Waals surface area contributed by atoms with E-state index in [-0.39, 0.29) is 0 Å². The van der Waals surface area contributed by atoms with E-state index in [1.807, 2.05) is 67.6 Å². The minimum absolute atomic E-state index is 0.436. The first kappa shape index (κ1) is 18.9. The Morgan fingerprint density at radius 1 is 0.885 bits per heavy atom. The molecule has 0 spiro atoms. The molecule has 0 aliphatic carbocycles. The van der Waals surface area contributed by atoms with Crippen LogP contribution in [0.5, 0.6) is 5.75 Å². The minimum atomic E-state index is 0.436. The summed E-state index contributed by atoms with van der Waals surface area (Å²) in [5.41, 5.74) is 3.98. The fraction of sp³-hybridized carbons (Fsp3) is 0.143. The largest absolute Gasteiger partial charge is 0.489 e. The van der Waals surface area contributed by atoms with E-state index in [0.29, 0.717) is 23.2 Å². The predicted molar refractivity (Wildman–Crippen MR) is 111 cm³/mol. The Morgan fingerprint density at radius 2 is 1.65 bits per heavy atom. The first-order chi connectivity index (χ1) is 12.5. The lowest BCUT2D eigenvalue weighted by atomic mass is 10.1. The van der Waals surface area contributed by atoms with Crippen molar-refractivity contribution in [3.63, 3.8) is 0 Å². The third-order valence-electron chi connectivity index (χ3n) is 4.04. The highest BCUT2D eigenvalue weighted by Gasteiger charge is 2.08. The second-order valence-corrected chi connectivity index (χ2v) is 7.22. The first-order valence-electron chi connectivity index (χ1n) is 8.17. The molecular weight excluding hydrogens is 389 g/mol. The highest BCUT2D eigenvalue weighted by atomic mass is 35.5. The number of rotatable bonds is 6. The third kappa shape index (κ3) is 4.85. The number of ether oxygens (including phenoxy) is 1. The Balaban J connectivity index is 1.74. The van der Waals surface area contributed by atoms with Crippen LogP contribution in [-0.4, -0.2) is 0 Å². The molecule has 0 aliphatic rings. The number of benzene rings is 3. The van der Waals surface area contributed by atoms with E-state index in [4.69, 9.17) is 39.5 Å². The molecule has 5 heteroatoms. The van der Waals surface area contributed by atoms with Crippen molar-refractivity contribution in [1.82, 2.24) is 0 Å². The molecule has 0 radical (unpaired) electrons. The summed E-state index contributed by atoms with van der Waals surface area (Å²) in [7, 11) is 0. The van der Waals surface area contributed by atoms with Gasteiger partial charge in [0, 0.05) is 32.9 Å². The van der Waals surface area contributed by atoms with Crippen molar-refractivity contribution in [3.05, 3.63) is 92.4 Å². The van der Waals surface area contributed by atoms with Crippen LogP contribution >= 0.6 is 34.8 Å². The Hall–Kier alpha value is -1.87. The van der Waals surface area contributed by atoms with Gasteiger partial charge in [-0.1, -0.05) is 53.0 Å². The fourth-order valence-corrected chi connectivity index (χ4v) is 3.19. The van der Waals surface area contributed by atoms with E-state index in [1.165, 1.54) is 0 Å². The molecule has 134 valence electrons. The van der Waals surface area contributed by atoms with Gasteiger partial charge in [0.15, 0.2) is 0 Å². The summed E-state index contributed by atoms with van der Waals surface area (Å²) in [5, 5.41) is 5.50. The third-order valence-corrected chi connectivity index (χ3v) is 4.92. The van der Waals surface area contributed by atoms with Crippen molar-refractivity contribution in [1.29, 1.82) is 0 Å². The summed E-state index contributed by atoms with van der Waals surface area (Å²) in [5.74, 6) is 0.779. The maximum atomic E-state index is 6.19. The zero-order chi connectivity index (χ0) is 18.5. The van der Waals surface area contributed by atoms with Crippen LogP contribution in [0.4, 0.5) is 5.69 Å². The van der Waals surface area contributed by atoms with Gasteiger partial charge in [0.2, 0.25) is 0 Å². The number of hydrogen-bond acceptors (Lipinski definition) is 2. The van der Waals surface area contributed by atoms with E-state index < -0.39 is 0 Å². The summed E-state index contributed by atoms with van der Waals surface area (Å²) >= 11 is 18.4. The Kier molecular flexibility index (Phi) is 6.31. The van der Waals surface area contributed by atoms with Crippen LogP contribution in [-0.2, 0) is 13.2 Å². The lowest BCUT2D eigenvalue weighted by molar-refractivity contribution is 0.303. The smallest absolute Gasteiger partial charge is 0.124 e. The molecule has 0 atom stereocenters. The van der Waals surface area contributed by atoms with E-state index in [1.54, 1.807) is 0 Å². The van der Waals surface area contributed by atoms with Gasteiger partial charge in [0.25, 0.3) is 0 Å².